The van der Waals surface area contributed by atoms with Crippen LogP contribution < -0.4 is 11.1 Å². The first-order valence-corrected chi connectivity index (χ1v) is 7.65. The maximum absolute atomic E-state index is 12.2. The molecular weight excluding hydrogens is 248 g/mol. The fourth-order valence-corrected chi connectivity index (χ4v) is 3.09. The summed E-state index contributed by atoms with van der Waals surface area (Å²) in [7, 11) is 0. The van der Waals surface area contributed by atoms with E-state index >= 15 is 0 Å². The average molecular weight is 274 g/mol. The summed E-state index contributed by atoms with van der Waals surface area (Å²) in [6.07, 6.45) is 5.39. The zero-order valence-electron chi connectivity index (χ0n) is 12.6. The average Bonchev–Trinajstić information content (AvgIpc) is 2.94. The molecule has 1 aromatic carbocycles. The Bertz CT molecular complexity index is 464. The zero-order chi connectivity index (χ0) is 14.5. The van der Waals surface area contributed by atoms with Gasteiger partial charge in [-0.3, -0.25) is 4.79 Å². The van der Waals surface area contributed by atoms with Gasteiger partial charge in [0.05, 0.1) is 6.42 Å². The molecule has 1 aliphatic carbocycles. The minimum Gasteiger partial charge on any atom is -0.352 e. The Morgan fingerprint density at radius 2 is 2.00 bits per heavy atom. The Morgan fingerprint density at radius 1 is 1.30 bits per heavy atom. The number of benzene rings is 1. The van der Waals surface area contributed by atoms with Crippen molar-refractivity contribution in [3.8, 4) is 0 Å². The molecule has 1 aromatic rings. The van der Waals surface area contributed by atoms with Crippen LogP contribution in [0.2, 0.25) is 0 Å². The van der Waals surface area contributed by atoms with Gasteiger partial charge >= 0.3 is 0 Å². The summed E-state index contributed by atoms with van der Waals surface area (Å²) in [5.41, 5.74) is 9.40. The van der Waals surface area contributed by atoms with Crippen molar-refractivity contribution in [2.45, 2.75) is 52.0 Å². The van der Waals surface area contributed by atoms with Gasteiger partial charge in [0.25, 0.3) is 0 Å². The summed E-state index contributed by atoms with van der Waals surface area (Å²) in [5, 5.41) is 3.13. The van der Waals surface area contributed by atoms with E-state index in [0.717, 1.165) is 5.56 Å². The van der Waals surface area contributed by atoms with Crippen LogP contribution in [0.3, 0.4) is 0 Å². The molecule has 110 valence electrons. The van der Waals surface area contributed by atoms with Crippen LogP contribution in [0.5, 0.6) is 0 Å². The second kappa shape index (κ2) is 6.89. The van der Waals surface area contributed by atoms with Crippen LogP contribution in [-0.4, -0.2) is 18.5 Å². The van der Waals surface area contributed by atoms with Gasteiger partial charge in [-0.15, -0.1) is 0 Å². The monoisotopic (exact) mass is 274 g/mol. The molecule has 3 heteroatoms. The zero-order valence-corrected chi connectivity index (χ0v) is 12.6. The molecule has 2 rings (SSSR count). The van der Waals surface area contributed by atoms with E-state index < -0.39 is 0 Å². The molecule has 0 spiro atoms. The maximum Gasteiger partial charge on any atom is 0.224 e. The lowest BCUT2D eigenvalue weighted by Gasteiger charge is -2.23. The summed E-state index contributed by atoms with van der Waals surface area (Å²) < 4.78 is 0. The molecular formula is C17H26N2O. The molecule has 1 saturated carbocycles. The quantitative estimate of drug-likeness (QED) is 0.866. The molecule has 0 saturated heterocycles. The maximum atomic E-state index is 12.2. The van der Waals surface area contributed by atoms with Crippen LogP contribution in [0.25, 0.3) is 0 Å². The van der Waals surface area contributed by atoms with Gasteiger partial charge in [-0.1, -0.05) is 31.0 Å². The number of carbonyl (C=O) groups is 1. The minimum atomic E-state index is 0.0932. The molecule has 0 aliphatic heterocycles. The van der Waals surface area contributed by atoms with E-state index in [2.05, 4.69) is 31.3 Å². The van der Waals surface area contributed by atoms with Gasteiger partial charge in [-0.05, 0) is 49.3 Å². The summed E-state index contributed by atoms with van der Waals surface area (Å²) in [6.45, 7) is 4.71. The molecule has 3 N–H and O–H groups in total. The molecule has 1 aliphatic rings. The van der Waals surface area contributed by atoms with Gasteiger partial charge < -0.3 is 11.1 Å². The molecule has 20 heavy (non-hydrogen) atoms. The topological polar surface area (TPSA) is 55.1 Å². The first-order chi connectivity index (χ1) is 9.60. The van der Waals surface area contributed by atoms with Crippen molar-refractivity contribution in [2.75, 3.05) is 6.54 Å². The van der Waals surface area contributed by atoms with Gasteiger partial charge in [0.1, 0.15) is 0 Å². The van der Waals surface area contributed by atoms with Crippen LogP contribution in [0.15, 0.2) is 18.2 Å². The molecule has 0 heterocycles. The highest BCUT2D eigenvalue weighted by Crippen LogP contribution is 2.27. The number of rotatable bonds is 5. The standard InChI is InChI=1S/C17H26N2O/c1-12-7-8-14(9-13(12)2)10-17(20)19-16(11-18)15-5-3-4-6-15/h7-9,15-16H,3-6,10-11,18H2,1-2H3,(H,19,20). The van der Waals surface area contributed by atoms with E-state index in [4.69, 9.17) is 5.73 Å². The number of nitrogens with one attached hydrogen (secondary N) is 1. The van der Waals surface area contributed by atoms with Crippen molar-refractivity contribution in [3.05, 3.63) is 34.9 Å². The third-order valence-electron chi connectivity index (χ3n) is 4.51. The fraction of sp³-hybridized carbons (Fsp3) is 0.588. The number of hydrogen-bond donors (Lipinski definition) is 2. The van der Waals surface area contributed by atoms with E-state index in [0.29, 0.717) is 18.9 Å². The molecule has 1 atom stereocenters. The van der Waals surface area contributed by atoms with E-state index in [1.54, 1.807) is 0 Å². The molecule has 0 radical (unpaired) electrons. The van der Waals surface area contributed by atoms with Gasteiger partial charge in [0.2, 0.25) is 5.91 Å². The van der Waals surface area contributed by atoms with E-state index in [9.17, 15) is 4.79 Å². The van der Waals surface area contributed by atoms with Gasteiger partial charge in [0.15, 0.2) is 0 Å². The number of nitrogens with two attached hydrogens (primary N) is 1. The predicted molar refractivity (Wildman–Crippen MR) is 82.6 cm³/mol. The van der Waals surface area contributed by atoms with E-state index in [-0.39, 0.29) is 11.9 Å². The first kappa shape index (κ1) is 15.0. The number of amides is 1. The van der Waals surface area contributed by atoms with Crippen LogP contribution >= 0.6 is 0 Å². The van der Waals surface area contributed by atoms with E-state index in [1.807, 2.05) is 6.07 Å². The predicted octanol–water partition coefficient (Wildman–Crippen LogP) is 2.48. The Morgan fingerprint density at radius 3 is 2.60 bits per heavy atom. The Labute approximate surface area is 121 Å². The Hall–Kier alpha value is -1.35. The van der Waals surface area contributed by atoms with Gasteiger partial charge in [0, 0.05) is 12.6 Å². The molecule has 0 aromatic heterocycles. The highest BCUT2D eigenvalue weighted by molar-refractivity contribution is 5.79. The summed E-state index contributed by atoms with van der Waals surface area (Å²) in [4.78, 5) is 12.2. The normalized spacial score (nSPS) is 17.1. The second-order valence-electron chi connectivity index (χ2n) is 6.05. The van der Waals surface area contributed by atoms with Crippen LogP contribution in [0, 0.1) is 19.8 Å². The second-order valence-corrected chi connectivity index (χ2v) is 6.05. The molecule has 1 unspecified atom stereocenters. The van der Waals surface area contributed by atoms with Crippen LogP contribution in [0.1, 0.15) is 42.4 Å². The van der Waals surface area contributed by atoms with Crippen molar-refractivity contribution in [1.29, 1.82) is 0 Å². The van der Waals surface area contributed by atoms with Crippen molar-refractivity contribution >= 4 is 5.91 Å². The van der Waals surface area contributed by atoms with Gasteiger partial charge in [-0.2, -0.15) is 0 Å². The molecule has 1 amide bonds. The Balaban J connectivity index is 1.91. The van der Waals surface area contributed by atoms with Crippen molar-refractivity contribution in [2.24, 2.45) is 11.7 Å². The van der Waals surface area contributed by atoms with E-state index in [1.165, 1.54) is 36.8 Å². The molecule has 3 nitrogen and oxygen atoms in total. The van der Waals surface area contributed by atoms with Gasteiger partial charge in [-0.25, -0.2) is 0 Å². The van der Waals surface area contributed by atoms with Crippen LogP contribution in [0.4, 0.5) is 0 Å². The summed E-state index contributed by atoms with van der Waals surface area (Å²) in [5.74, 6) is 0.666. The number of hydrogen-bond acceptors (Lipinski definition) is 2. The highest BCUT2D eigenvalue weighted by atomic mass is 16.1. The third kappa shape index (κ3) is 3.83. The molecule has 1 fully saturated rings. The lowest BCUT2D eigenvalue weighted by Crippen LogP contribution is -2.45. The fourth-order valence-electron chi connectivity index (χ4n) is 3.09. The lowest BCUT2D eigenvalue weighted by molar-refractivity contribution is -0.121. The van der Waals surface area contributed by atoms with Crippen molar-refractivity contribution in [1.82, 2.24) is 5.32 Å². The van der Waals surface area contributed by atoms with Crippen LogP contribution in [-0.2, 0) is 11.2 Å². The smallest absolute Gasteiger partial charge is 0.224 e. The number of aryl methyl sites for hydroxylation is 2. The largest absolute Gasteiger partial charge is 0.352 e. The number of carbonyl (C=O) groups excluding carboxylic acids is 1. The minimum absolute atomic E-state index is 0.0932. The summed E-state index contributed by atoms with van der Waals surface area (Å²) in [6, 6.07) is 6.36. The van der Waals surface area contributed by atoms with Crippen molar-refractivity contribution in [3.63, 3.8) is 0 Å². The third-order valence-corrected chi connectivity index (χ3v) is 4.51. The van der Waals surface area contributed by atoms with Crippen molar-refractivity contribution < 1.29 is 4.79 Å². The SMILES string of the molecule is Cc1ccc(CC(=O)NC(CN)C2CCCC2)cc1C. The Kier molecular flexibility index (Phi) is 5.18. The molecule has 0 bridgehead atoms. The first-order valence-electron chi connectivity index (χ1n) is 7.65. The summed E-state index contributed by atoms with van der Waals surface area (Å²) >= 11 is 0. The highest BCUT2D eigenvalue weighted by Gasteiger charge is 2.25. The lowest BCUT2D eigenvalue weighted by atomic mass is 9.97.